The molecule has 0 radical (unpaired) electrons. The zero-order valence-corrected chi connectivity index (χ0v) is 7.56. The molecule has 4 nitrogen and oxygen atoms in total. The summed E-state index contributed by atoms with van der Waals surface area (Å²) < 4.78 is 4.64. The number of aliphatic hydroxyl groups is 2. The van der Waals surface area contributed by atoms with Crippen LogP contribution in [0.3, 0.4) is 0 Å². The van der Waals surface area contributed by atoms with E-state index in [9.17, 15) is 4.79 Å². The van der Waals surface area contributed by atoms with Gasteiger partial charge in [0.2, 0.25) is 0 Å². The molecule has 0 saturated carbocycles. The normalized spacial score (nSPS) is 14.3. The smallest absolute Gasteiger partial charge is 0.302 e. The molecule has 1 unspecified atom stereocenters. The highest BCUT2D eigenvalue weighted by atomic mass is 16.5. The van der Waals surface area contributed by atoms with Crippen LogP contribution in [0.2, 0.25) is 0 Å². The minimum Gasteiger partial charge on any atom is -0.466 e. The number of carbonyl (C=O) groups excluding carboxylic acids is 1. The number of ether oxygens (including phenoxy) is 1. The van der Waals surface area contributed by atoms with Crippen LogP contribution in [0.15, 0.2) is 0 Å². The van der Waals surface area contributed by atoms with Gasteiger partial charge in [0, 0.05) is 6.92 Å². The number of hydrogen-bond acceptors (Lipinski definition) is 4. The summed E-state index contributed by atoms with van der Waals surface area (Å²) in [5.41, 5.74) is 0. The van der Waals surface area contributed by atoms with Gasteiger partial charge in [0.15, 0.2) is 0 Å². The molecule has 0 aromatic rings. The van der Waals surface area contributed by atoms with E-state index >= 15 is 0 Å². The molecule has 0 aliphatic heterocycles. The lowest BCUT2D eigenvalue weighted by Crippen LogP contribution is -2.24. The van der Waals surface area contributed by atoms with Crippen molar-refractivity contribution in [3.63, 3.8) is 0 Å². The SMILES string of the molecule is C#C[C@@H](CCOC(C)=O)C(O)CO. The predicted octanol–water partition coefficient (Wildman–Crippen LogP) is -0.458. The molecule has 0 heterocycles. The Bertz CT molecular complexity index is 194. The maximum Gasteiger partial charge on any atom is 0.302 e. The molecule has 0 aromatic carbocycles. The average molecular weight is 186 g/mol. The van der Waals surface area contributed by atoms with Crippen molar-refractivity contribution in [2.75, 3.05) is 13.2 Å². The third-order valence-corrected chi connectivity index (χ3v) is 1.60. The standard InChI is InChI=1S/C9H14O4/c1-3-8(9(12)6-10)4-5-13-7(2)11/h1,8-10,12H,4-6H2,2H3/t8-,9?/m0/s1. The molecule has 0 aliphatic rings. The molecular weight excluding hydrogens is 172 g/mol. The van der Waals surface area contributed by atoms with Crippen LogP contribution in [0.1, 0.15) is 13.3 Å². The Kier molecular flexibility index (Phi) is 5.94. The van der Waals surface area contributed by atoms with Crippen molar-refractivity contribution < 1.29 is 19.7 Å². The lowest BCUT2D eigenvalue weighted by Gasteiger charge is -2.14. The van der Waals surface area contributed by atoms with E-state index in [4.69, 9.17) is 16.6 Å². The van der Waals surface area contributed by atoms with Crippen LogP contribution in [-0.2, 0) is 9.53 Å². The molecule has 0 saturated heterocycles. The van der Waals surface area contributed by atoms with E-state index in [2.05, 4.69) is 10.7 Å². The van der Waals surface area contributed by atoms with Crippen molar-refractivity contribution in [1.82, 2.24) is 0 Å². The largest absolute Gasteiger partial charge is 0.466 e. The van der Waals surface area contributed by atoms with Gasteiger partial charge >= 0.3 is 5.97 Å². The van der Waals surface area contributed by atoms with Crippen molar-refractivity contribution in [2.24, 2.45) is 5.92 Å². The molecule has 0 fully saturated rings. The molecule has 0 spiro atoms. The van der Waals surface area contributed by atoms with Gasteiger partial charge in [0.1, 0.15) is 0 Å². The van der Waals surface area contributed by atoms with Gasteiger partial charge in [-0.25, -0.2) is 0 Å². The Morgan fingerprint density at radius 1 is 1.69 bits per heavy atom. The highest BCUT2D eigenvalue weighted by Gasteiger charge is 2.15. The molecular formula is C9H14O4. The first-order chi connectivity index (χ1) is 6.11. The van der Waals surface area contributed by atoms with E-state index < -0.39 is 12.0 Å². The van der Waals surface area contributed by atoms with Crippen molar-refractivity contribution in [2.45, 2.75) is 19.4 Å². The Morgan fingerprint density at radius 3 is 2.69 bits per heavy atom. The minimum absolute atomic E-state index is 0.168. The van der Waals surface area contributed by atoms with E-state index in [0.29, 0.717) is 6.42 Å². The first-order valence-electron chi connectivity index (χ1n) is 4.00. The number of terminal acetylenes is 1. The van der Waals surface area contributed by atoms with Gasteiger partial charge in [-0.15, -0.1) is 12.3 Å². The molecule has 2 N–H and O–H groups in total. The fourth-order valence-corrected chi connectivity index (χ4v) is 0.844. The molecule has 74 valence electrons. The number of aliphatic hydroxyl groups excluding tert-OH is 2. The maximum absolute atomic E-state index is 10.4. The molecule has 0 amide bonds. The molecule has 0 bridgehead atoms. The second kappa shape index (κ2) is 6.46. The first kappa shape index (κ1) is 11.9. The van der Waals surface area contributed by atoms with E-state index in [0.717, 1.165) is 0 Å². The third kappa shape index (κ3) is 5.23. The Hall–Kier alpha value is -1.05. The van der Waals surface area contributed by atoms with Gasteiger partial charge in [-0.3, -0.25) is 4.79 Å². The summed E-state index contributed by atoms with van der Waals surface area (Å²) in [6.07, 6.45) is 4.52. The number of hydrogen-bond donors (Lipinski definition) is 2. The summed E-state index contributed by atoms with van der Waals surface area (Å²) in [4.78, 5) is 10.4. The van der Waals surface area contributed by atoms with Crippen LogP contribution >= 0.6 is 0 Å². The maximum atomic E-state index is 10.4. The van der Waals surface area contributed by atoms with Crippen LogP contribution in [0.5, 0.6) is 0 Å². The number of rotatable bonds is 5. The summed E-state index contributed by atoms with van der Waals surface area (Å²) in [6, 6.07) is 0. The monoisotopic (exact) mass is 186 g/mol. The molecule has 4 heteroatoms. The summed E-state index contributed by atoms with van der Waals surface area (Å²) in [5, 5.41) is 17.7. The number of carbonyl (C=O) groups is 1. The Balaban J connectivity index is 3.74. The quantitative estimate of drug-likeness (QED) is 0.450. The van der Waals surface area contributed by atoms with Gasteiger partial charge < -0.3 is 14.9 Å². The highest BCUT2D eigenvalue weighted by Crippen LogP contribution is 2.07. The zero-order valence-electron chi connectivity index (χ0n) is 7.56. The van der Waals surface area contributed by atoms with Crippen LogP contribution in [0.4, 0.5) is 0 Å². The van der Waals surface area contributed by atoms with Crippen molar-refractivity contribution >= 4 is 5.97 Å². The molecule has 0 aromatic heterocycles. The fraction of sp³-hybridized carbons (Fsp3) is 0.667. The zero-order chi connectivity index (χ0) is 10.3. The first-order valence-corrected chi connectivity index (χ1v) is 4.00. The minimum atomic E-state index is -0.944. The van der Waals surface area contributed by atoms with Crippen molar-refractivity contribution in [3.05, 3.63) is 0 Å². The summed E-state index contributed by atoms with van der Waals surface area (Å²) in [6.45, 7) is 1.09. The predicted molar refractivity (Wildman–Crippen MR) is 46.7 cm³/mol. The average Bonchev–Trinajstić information content (AvgIpc) is 2.11. The summed E-state index contributed by atoms with van der Waals surface area (Å²) in [7, 11) is 0. The lowest BCUT2D eigenvalue weighted by molar-refractivity contribution is -0.141. The van der Waals surface area contributed by atoms with Gasteiger partial charge in [-0.1, -0.05) is 0 Å². The fourth-order valence-electron chi connectivity index (χ4n) is 0.844. The summed E-state index contributed by atoms with van der Waals surface area (Å²) in [5.74, 6) is 1.48. The van der Waals surface area contributed by atoms with Gasteiger partial charge in [-0.2, -0.15) is 0 Å². The topological polar surface area (TPSA) is 66.8 Å². The van der Waals surface area contributed by atoms with E-state index in [1.54, 1.807) is 0 Å². The number of esters is 1. The van der Waals surface area contributed by atoms with Gasteiger partial charge in [0.25, 0.3) is 0 Å². The molecule has 13 heavy (non-hydrogen) atoms. The summed E-state index contributed by atoms with van der Waals surface area (Å²) >= 11 is 0. The van der Waals surface area contributed by atoms with Crippen LogP contribution in [0, 0.1) is 18.3 Å². The Labute approximate surface area is 77.5 Å². The third-order valence-electron chi connectivity index (χ3n) is 1.60. The van der Waals surface area contributed by atoms with Gasteiger partial charge in [0.05, 0.1) is 25.2 Å². The van der Waals surface area contributed by atoms with E-state index in [-0.39, 0.29) is 19.2 Å². The van der Waals surface area contributed by atoms with Crippen molar-refractivity contribution in [3.8, 4) is 12.3 Å². The molecule has 0 rings (SSSR count). The Morgan fingerprint density at radius 2 is 2.31 bits per heavy atom. The van der Waals surface area contributed by atoms with Gasteiger partial charge in [-0.05, 0) is 6.42 Å². The van der Waals surface area contributed by atoms with Crippen LogP contribution in [-0.4, -0.2) is 35.5 Å². The second-order valence-corrected chi connectivity index (χ2v) is 2.65. The highest BCUT2D eigenvalue weighted by molar-refractivity contribution is 5.65. The second-order valence-electron chi connectivity index (χ2n) is 2.65. The van der Waals surface area contributed by atoms with E-state index in [1.165, 1.54) is 6.92 Å². The van der Waals surface area contributed by atoms with Crippen molar-refractivity contribution in [1.29, 1.82) is 0 Å². The van der Waals surface area contributed by atoms with E-state index in [1.807, 2.05) is 0 Å². The molecule has 2 atom stereocenters. The molecule has 0 aliphatic carbocycles. The lowest BCUT2D eigenvalue weighted by atomic mass is 10.0. The van der Waals surface area contributed by atoms with Crippen LogP contribution in [0.25, 0.3) is 0 Å². The van der Waals surface area contributed by atoms with Crippen LogP contribution < -0.4 is 0 Å².